The molecule has 0 N–H and O–H groups in total. The molecular formula is C12H10ClFS. The lowest BCUT2D eigenvalue weighted by molar-refractivity contribution is 0.612. The maximum atomic E-state index is 13.5. The monoisotopic (exact) mass is 240 g/mol. The molecule has 0 radical (unpaired) electrons. The summed E-state index contributed by atoms with van der Waals surface area (Å²) in [4.78, 5) is 0.973. The molecule has 1 aromatic heterocycles. The van der Waals surface area contributed by atoms with Crippen LogP contribution in [0.25, 0.3) is 0 Å². The van der Waals surface area contributed by atoms with Crippen LogP contribution in [-0.4, -0.2) is 0 Å². The van der Waals surface area contributed by atoms with E-state index in [2.05, 4.69) is 0 Å². The Morgan fingerprint density at radius 1 is 1.33 bits per heavy atom. The van der Waals surface area contributed by atoms with Gasteiger partial charge in [-0.3, -0.25) is 0 Å². The van der Waals surface area contributed by atoms with Crippen LogP contribution in [0.15, 0.2) is 35.7 Å². The number of rotatable bonds is 2. The molecule has 0 aliphatic rings. The first-order chi connectivity index (χ1) is 7.18. The first-order valence-corrected chi connectivity index (χ1v) is 5.93. The maximum Gasteiger partial charge on any atom is 0.128 e. The van der Waals surface area contributed by atoms with Gasteiger partial charge in [-0.1, -0.05) is 23.8 Å². The SMILES string of the molecule is Cc1ccc(F)c(C(Cl)c2cccs2)c1. The molecule has 0 aliphatic carbocycles. The lowest BCUT2D eigenvalue weighted by Gasteiger charge is -2.09. The van der Waals surface area contributed by atoms with E-state index in [-0.39, 0.29) is 11.2 Å². The Morgan fingerprint density at radius 2 is 2.13 bits per heavy atom. The lowest BCUT2D eigenvalue weighted by Crippen LogP contribution is -1.95. The third-order valence-corrected chi connectivity index (χ3v) is 3.75. The molecular weight excluding hydrogens is 231 g/mol. The molecule has 3 heteroatoms. The van der Waals surface area contributed by atoms with Gasteiger partial charge < -0.3 is 0 Å². The number of hydrogen-bond donors (Lipinski definition) is 0. The van der Waals surface area contributed by atoms with Gasteiger partial charge in [-0.05, 0) is 24.4 Å². The van der Waals surface area contributed by atoms with Crippen molar-refractivity contribution >= 4 is 22.9 Å². The fraction of sp³-hybridized carbons (Fsp3) is 0.167. The van der Waals surface area contributed by atoms with Crippen LogP contribution in [0.1, 0.15) is 21.4 Å². The molecule has 78 valence electrons. The summed E-state index contributed by atoms with van der Waals surface area (Å²) in [6, 6.07) is 8.85. The van der Waals surface area contributed by atoms with Gasteiger partial charge in [-0.25, -0.2) is 4.39 Å². The quantitative estimate of drug-likeness (QED) is 0.677. The van der Waals surface area contributed by atoms with Gasteiger partial charge in [0, 0.05) is 10.4 Å². The summed E-state index contributed by atoms with van der Waals surface area (Å²) in [5, 5.41) is 1.56. The van der Waals surface area contributed by atoms with Crippen molar-refractivity contribution in [1.82, 2.24) is 0 Å². The van der Waals surface area contributed by atoms with E-state index in [1.54, 1.807) is 23.5 Å². The average Bonchev–Trinajstić information content (AvgIpc) is 2.74. The average molecular weight is 241 g/mol. The molecule has 0 saturated heterocycles. The molecule has 0 fully saturated rings. The molecule has 0 saturated carbocycles. The van der Waals surface area contributed by atoms with Crippen LogP contribution in [0.4, 0.5) is 4.39 Å². The van der Waals surface area contributed by atoms with Crippen LogP contribution in [0.2, 0.25) is 0 Å². The molecule has 0 spiro atoms. The molecule has 1 unspecified atom stereocenters. The topological polar surface area (TPSA) is 0 Å². The highest BCUT2D eigenvalue weighted by atomic mass is 35.5. The third-order valence-electron chi connectivity index (χ3n) is 2.22. The van der Waals surface area contributed by atoms with Crippen molar-refractivity contribution < 1.29 is 4.39 Å². The van der Waals surface area contributed by atoms with Crippen LogP contribution in [0.5, 0.6) is 0 Å². The van der Waals surface area contributed by atoms with Crippen LogP contribution >= 0.6 is 22.9 Å². The van der Waals surface area contributed by atoms with Crippen molar-refractivity contribution in [3.63, 3.8) is 0 Å². The normalized spacial score (nSPS) is 12.7. The van der Waals surface area contributed by atoms with Gasteiger partial charge >= 0.3 is 0 Å². The van der Waals surface area contributed by atoms with Crippen molar-refractivity contribution in [2.75, 3.05) is 0 Å². The molecule has 1 atom stereocenters. The van der Waals surface area contributed by atoms with E-state index in [9.17, 15) is 4.39 Å². The fourth-order valence-electron chi connectivity index (χ4n) is 1.45. The van der Waals surface area contributed by atoms with Gasteiger partial charge in [-0.2, -0.15) is 0 Å². The van der Waals surface area contributed by atoms with Gasteiger partial charge in [0.15, 0.2) is 0 Å². The van der Waals surface area contributed by atoms with Crippen molar-refractivity contribution in [2.45, 2.75) is 12.3 Å². The van der Waals surface area contributed by atoms with E-state index in [0.717, 1.165) is 10.4 Å². The highest BCUT2D eigenvalue weighted by Gasteiger charge is 2.15. The predicted molar refractivity (Wildman–Crippen MR) is 63.2 cm³/mol. The number of hydrogen-bond acceptors (Lipinski definition) is 1. The Hall–Kier alpha value is -0.860. The Bertz CT molecular complexity index is 451. The molecule has 2 aromatic rings. The number of benzene rings is 1. The van der Waals surface area contributed by atoms with Crippen LogP contribution in [0, 0.1) is 12.7 Å². The summed E-state index contributed by atoms with van der Waals surface area (Å²) >= 11 is 7.76. The zero-order chi connectivity index (χ0) is 10.8. The van der Waals surface area contributed by atoms with Gasteiger partial charge in [0.2, 0.25) is 0 Å². The zero-order valence-electron chi connectivity index (χ0n) is 8.21. The van der Waals surface area contributed by atoms with E-state index in [0.29, 0.717) is 5.56 Å². The molecule has 0 nitrogen and oxygen atoms in total. The summed E-state index contributed by atoms with van der Waals surface area (Å²) in [6.45, 7) is 1.93. The van der Waals surface area contributed by atoms with Crippen molar-refractivity contribution in [3.8, 4) is 0 Å². The second-order valence-corrected chi connectivity index (χ2v) is 4.82. The summed E-state index contributed by atoms with van der Waals surface area (Å²) in [5.41, 5.74) is 1.58. The summed E-state index contributed by atoms with van der Waals surface area (Å²) in [7, 11) is 0. The standard InChI is InChI=1S/C12H10ClFS/c1-8-4-5-10(14)9(7-8)12(13)11-3-2-6-15-11/h2-7,12H,1H3. The molecule has 0 aliphatic heterocycles. The maximum absolute atomic E-state index is 13.5. The van der Waals surface area contributed by atoms with E-state index in [4.69, 9.17) is 11.6 Å². The second-order valence-electron chi connectivity index (χ2n) is 3.40. The van der Waals surface area contributed by atoms with E-state index < -0.39 is 0 Å². The van der Waals surface area contributed by atoms with Gasteiger partial charge in [-0.15, -0.1) is 22.9 Å². The first kappa shape index (κ1) is 10.7. The van der Waals surface area contributed by atoms with Crippen LogP contribution in [0.3, 0.4) is 0 Å². The Morgan fingerprint density at radius 3 is 2.80 bits per heavy atom. The van der Waals surface area contributed by atoms with Crippen molar-refractivity contribution in [1.29, 1.82) is 0 Å². The Labute approximate surface area is 97.3 Å². The van der Waals surface area contributed by atoms with Crippen LogP contribution in [-0.2, 0) is 0 Å². The highest BCUT2D eigenvalue weighted by molar-refractivity contribution is 7.10. The molecule has 0 bridgehead atoms. The second kappa shape index (κ2) is 4.33. The number of thiophene rings is 1. The predicted octanol–water partition coefficient (Wildman–Crippen LogP) is 4.52. The Balaban J connectivity index is 2.41. The Kier molecular flexibility index (Phi) is 3.08. The van der Waals surface area contributed by atoms with Gasteiger partial charge in [0.25, 0.3) is 0 Å². The highest BCUT2D eigenvalue weighted by Crippen LogP contribution is 2.33. The van der Waals surface area contributed by atoms with E-state index >= 15 is 0 Å². The zero-order valence-corrected chi connectivity index (χ0v) is 9.78. The number of aryl methyl sites for hydroxylation is 1. The van der Waals surface area contributed by atoms with Gasteiger partial charge in [0.1, 0.15) is 5.82 Å². The van der Waals surface area contributed by atoms with E-state index in [1.165, 1.54) is 6.07 Å². The minimum Gasteiger partial charge on any atom is -0.207 e. The number of alkyl halides is 1. The largest absolute Gasteiger partial charge is 0.207 e. The van der Waals surface area contributed by atoms with Crippen molar-refractivity contribution in [2.24, 2.45) is 0 Å². The summed E-state index contributed by atoms with van der Waals surface area (Å²) < 4.78 is 13.5. The molecule has 1 heterocycles. The molecule has 0 amide bonds. The fourth-order valence-corrected chi connectivity index (χ4v) is 2.56. The lowest BCUT2D eigenvalue weighted by atomic mass is 10.1. The molecule has 1 aromatic carbocycles. The third kappa shape index (κ3) is 2.21. The summed E-state index contributed by atoms with van der Waals surface area (Å²) in [6.07, 6.45) is 0. The van der Waals surface area contributed by atoms with Crippen LogP contribution < -0.4 is 0 Å². The minimum absolute atomic E-state index is 0.242. The first-order valence-electron chi connectivity index (χ1n) is 4.62. The summed E-state index contributed by atoms with van der Waals surface area (Å²) in [5.74, 6) is -0.242. The molecule has 2 rings (SSSR count). The van der Waals surface area contributed by atoms with Gasteiger partial charge in [0.05, 0.1) is 5.38 Å². The smallest absolute Gasteiger partial charge is 0.128 e. The van der Waals surface area contributed by atoms with Crippen molar-refractivity contribution in [3.05, 3.63) is 57.5 Å². The molecule has 15 heavy (non-hydrogen) atoms. The van der Waals surface area contributed by atoms with E-state index in [1.807, 2.05) is 24.4 Å². The number of halogens is 2. The minimum atomic E-state index is -0.384.